The number of anilines is 1. The van der Waals surface area contributed by atoms with Gasteiger partial charge in [0.15, 0.2) is 0 Å². The lowest BCUT2D eigenvalue weighted by Gasteiger charge is -2.14. The molecule has 0 unspecified atom stereocenters. The van der Waals surface area contributed by atoms with Gasteiger partial charge >= 0.3 is 0 Å². The van der Waals surface area contributed by atoms with Crippen molar-refractivity contribution >= 4 is 11.7 Å². The number of aromatic nitrogens is 3. The number of H-pyrrole nitrogens is 1. The van der Waals surface area contributed by atoms with Gasteiger partial charge in [-0.15, -0.1) is 0 Å². The monoisotopic (exact) mass is 419 g/mol. The first kappa shape index (κ1) is 20.9. The number of ether oxygens (including phenoxy) is 1. The van der Waals surface area contributed by atoms with Crippen molar-refractivity contribution in [3.63, 3.8) is 0 Å². The van der Waals surface area contributed by atoms with Gasteiger partial charge in [0.2, 0.25) is 5.91 Å². The van der Waals surface area contributed by atoms with E-state index in [4.69, 9.17) is 4.74 Å². The van der Waals surface area contributed by atoms with E-state index in [0.717, 1.165) is 53.5 Å². The molecule has 0 spiro atoms. The lowest BCUT2D eigenvalue weighted by atomic mass is 9.97. The van der Waals surface area contributed by atoms with E-state index < -0.39 is 0 Å². The number of hydrogen-bond donors (Lipinski definition) is 2. The number of pyridine rings is 1. The fourth-order valence-corrected chi connectivity index (χ4v) is 4.01. The zero-order valence-electron chi connectivity index (χ0n) is 18.3. The molecule has 2 aromatic heterocycles. The van der Waals surface area contributed by atoms with E-state index in [2.05, 4.69) is 26.6 Å². The Morgan fingerprint density at radius 1 is 1.32 bits per heavy atom. The van der Waals surface area contributed by atoms with Crippen LogP contribution in [0.1, 0.15) is 44.4 Å². The summed E-state index contributed by atoms with van der Waals surface area (Å²) in [4.78, 5) is 18.1. The van der Waals surface area contributed by atoms with Gasteiger partial charge in [0, 0.05) is 49.9 Å². The smallest absolute Gasteiger partial charge is 0.219 e. The predicted octanol–water partition coefficient (Wildman–Crippen LogP) is 4.21. The number of nitrogens with one attached hydrogen (secondary N) is 2. The molecule has 31 heavy (non-hydrogen) atoms. The van der Waals surface area contributed by atoms with Crippen LogP contribution in [0, 0.1) is 0 Å². The summed E-state index contributed by atoms with van der Waals surface area (Å²) in [6.45, 7) is 7.85. The molecule has 1 aliphatic heterocycles. The molecule has 0 radical (unpaired) electrons. The van der Waals surface area contributed by atoms with Gasteiger partial charge < -0.3 is 15.0 Å². The number of amides is 1. The van der Waals surface area contributed by atoms with Crippen molar-refractivity contribution in [1.29, 1.82) is 0 Å². The molecule has 3 heterocycles. The maximum Gasteiger partial charge on any atom is 0.219 e. The summed E-state index contributed by atoms with van der Waals surface area (Å²) >= 11 is 0. The molecule has 1 saturated heterocycles. The Kier molecular flexibility index (Phi) is 6.21. The number of carbonyl (C=O) groups excluding carboxylic acids is 1. The summed E-state index contributed by atoms with van der Waals surface area (Å²) in [5.41, 5.74) is 4.33. The fraction of sp³-hybridized carbons (Fsp3) is 0.375. The Bertz CT molecular complexity index is 1050. The van der Waals surface area contributed by atoms with Crippen molar-refractivity contribution in [2.45, 2.75) is 45.8 Å². The summed E-state index contributed by atoms with van der Waals surface area (Å²) < 4.78 is 5.78. The Hall–Kier alpha value is -3.35. The van der Waals surface area contributed by atoms with E-state index in [1.54, 1.807) is 6.92 Å². The van der Waals surface area contributed by atoms with E-state index in [1.165, 1.54) is 0 Å². The van der Waals surface area contributed by atoms with Crippen molar-refractivity contribution < 1.29 is 9.53 Å². The van der Waals surface area contributed by atoms with E-state index in [-0.39, 0.29) is 17.9 Å². The van der Waals surface area contributed by atoms with Gasteiger partial charge in [0.1, 0.15) is 11.6 Å². The molecule has 3 aromatic rings. The number of aromatic amines is 1. The summed E-state index contributed by atoms with van der Waals surface area (Å²) in [5.74, 6) is 2.07. The van der Waals surface area contributed by atoms with Gasteiger partial charge in [-0.05, 0) is 55.7 Å². The second-order valence-electron chi connectivity index (χ2n) is 8.25. The average Bonchev–Trinajstić information content (AvgIpc) is 3.42. The maximum absolute atomic E-state index is 11.7. The molecule has 162 valence electrons. The zero-order chi connectivity index (χ0) is 21.8. The van der Waals surface area contributed by atoms with E-state index in [1.807, 2.05) is 61.5 Å². The molecule has 1 atom stereocenters. The molecule has 4 rings (SSSR count). The highest BCUT2D eigenvalue weighted by molar-refractivity contribution is 5.74. The minimum absolute atomic E-state index is 0.127. The number of carbonyl (C=O) groups is 1. The number of nitrogens with zero attached hydrogens (tertiary/aromatic N) is 3. The SMILES string of the molecule is CC(=O)N1CC[C@@H](c2[nH]ncc2-c2ccnc(NCc3cccc(OC(C)C)c3)c2)C1. The molecule has 7 heteroatoms. The van der Waals surface area contributed by atoms with Crippen LogP contribution in [0.4, 0.5) is 5.82 Å². The quantitative estimate of drug-likeness (QED) is 0.599. The number of benzene rings is 1. The summed E-state index contributed by atoms with van der Waals surface area (Å²) in [7, 11) is 0. The Morgan fingerprint density at radius 3 is 2.97 bits per heavy atom. The Morgan fingerprint density at radius 2 is 2.19 bits per heavy atom. The second kappa shape index (κ2) is 9.20. The van der Waals surface area contributed by atoms with Crippen LogP contribution in [-0.2, 0) is 11.3 Å². The van der Waals surface area contributed by atoms with Crippen LogP contribution in [0.25, 0.3) is 11.1 Å². The first-order chi connectivity index (χ1) is 15.0. The summed E-state index contributed by atoms with van der Waals surface area (Å²) in [5, 5.41) is 10.9. The van der Waals surface area contributed by atoms with Crippen LogP contribution in [0.5, 0.6) is 5.75 Å². The maximum atomic E-state index is 11.7. The highest BCUT2D eigenvalue weighted by Crippen LogP contribution is 2.33. The average molecular weight is 420 g/mol. The molecule has 7 nitrogen and oxygen atoms in total. The molecule has 0 aliphatic carbocycles. The third-order valence-corrected chi connectivity index (χ3v) is 5.53. The van der Waals surface area contributed by atoms with Crippen molar-refractivity contribution in [3.8, 4) is 16.9 Å². The highest BCUT2D eigenvalue weighted by atomic mass is 16.5. The number of rotatable bonds is 7. The van der Waals surface area contributed by atoms with Gasteiger partial charge in [-0.1, -0.05) is 12.1 Å². The molecule has 1 fully saturated rings. The highest BCUT2D eigenvalue weighted by Gasteiger charge is 2.28. The van der Waals surface area contributed by atoms with Gasteiger partial charge in [0.05, 0.1) is 12.3 Å². The zero-order valence-corrected chi connectivity index (χ0v) is 18.3. The van der Waals surface area contributed by atoms with Crippen LogP contribution in [0.2, 0.25) is 0 Å². The van der Waals surface area contributed by atoms with Gasteiger partial charge in [-0.25, -0.2) is 4.98 Å². The van der Waals surface area contributed by atoms with Crippen molar-refractivity contribution in [3.05, 3.63) is 60.0 Å². The molecular formula is C24H29N5O2. The molecule has 0 bridgehead atoms. The van der Waals surface area contributed by atoms with E-state index >= 15 is 0 Å². The van der Waals surface area contributed by atoms with E-state index in [0.29, 0.717) is 6.54 Å². The number of hydrogen-bond acceptors (Lipinski definition) is 5. The summed E-state index contributed by atoms with van der Waals surface area (Å²) in [6.07, 6.45) is 4.76. The molecular weight excluding hydrogens is 390 g/mol. The van der Waals surface area contributed by atoms with Gasteiger partial charge in [-0.2, -0.15) is 5.10 Å². The lowest BCUT2D eigenvalue weighted by Crippen LogP contribution is -2.25. The topological polar surface area (TPSA) is 83.1 Å². The molecule has 1 amide bonds. The van der Waals surface area contributed by atoms with Crippen LogP contribution >= 0.6 is 0 Å². The second-order valence-corrected chi connectivity index (χ2v) is 8.25. The largest absolute Gasteiger partial charge is 0.491 e. The van der Waals surface area contributed by atoms with Crippen LogP contribution in [0.15, 0.2) is 48.8 Å². The minimum atomic E-state index is 0.127. The Labute approximate surface area is 182 Å². The van der Waals surface area contributed by atoms with Crippen molar-refractivity contribution in [2.24, 2.45) is 0 Å². The van der Waals surface area contributed by atoms with Crippen molar-refractivity contribution in [1.82, 2.24) is 20.1 Å². The first-order valence-electron chi connectivity index (χ1n) is 10.7. The van der Waals surface area contributed by atoms with Crippen molar-refractivity contribution in [2.75, 3.05) is 18.4 Å². The molecule has 1 aromatic carbocycles. The van der Waals surface area contributed by atoms with Crippen LogP contribution < -0.4 is 10.1 Å². The molecule has 2 N–H and O–H groups in total. The molecule has 1 aliphatic rings. The number of likely N-dealkylation sites (tertiary alicyclic amines) is 1. The standard InChI is InChI=1S/C24H29N5O2/c1-16(2)31-21-6-4-5-18(11-21)13-26-23-12-19(7-9-25-23)22-14-27-28-24(22)20-8-10-29(15-20)17(3)30/h4-7,9,11-12,14,16,20H,8,10,13,15H2,1-3H3,(H,25,26)(H,27,28)/t20-/m1/s1. The first-order valence-corrected chi connectivity index (χ1v) is 10.7. The van der Waals surface area contributed by atoms with Crippen LogP contribution in [0.3, 0.4) is 0 Å². The van der Waals surface area contributed by atoms with Crippen LogP contribution in [-0.4, -0.2) is 45.2 Å². The van der Waals surface area contributed by atoms with Gasteiger partial charge in [0.25, 0.3) is 0 Å². The minimum Gasteiger partial charge on any atom is -0.491 e. The fourth-order valence-electron chi connectivity index (χ4n) is 4.01. The normalized spacial score (nSPS) is 16.0. The lowest BCUT2D eigenvalue weighted by molar-refractivity contribution is -0.127. The van der Waals surface area contributed by atoms with E-state index in [9.17, 15) is 4.79 Å². The third-order valence-electron chi connectivity index (χ3n) is 5.53. The summed E-state index contributed by atoms with van der Waals surface area (Å²) in [6, 6.07) is 12.1. The Balaban J connectivity index is 1.46. The predicted molar refractivity (Wildman–Crippen MR) is 121 cm³/mol. The molecule has 0 saturated carbocycles. The van der Waals surface area contributed by atoms with Gasteiger partial charge in [-0.3, -0.25) is 9.89 Å². The third kappa shape index (κ3) is 5.05.